The summed E-state index contributed by atoms with van der Waals surface area (Å²) < 4.78 is 0.965. The predicted octanol–water partition coefficient (Wildman–Crippen LogP) is 5.12. The molecule has 1 aromatic carbocycles. The minimum atomic E-state index is -0.357. The van der Waals surface area contributed by atoms with Gasteiger partial charge in [0, 0.05) is 32.7 Å². The highest BCUT2D eigenvalue weighted by atomic mass is 79.9. The van der Waals surface area contributed by atoms with Crippen molar-refractivity contribution in [3.8, 4) is 6.07 Å². The number of Topliss-reactive ketones (excluding diaryl/α,β-unsaturated/α-hetero) is 1. The van der Waals surface area contributed by atoms with E-state index in [1.54, 1.807) is 11.3 Å². The lowest BCUT2D eigenvalue weighted by Gasteiger charge is -2.39. The molecule has 2 aromatic rings. The Morgan fingerprint density at radius 1 is 1.26 bits per heavy atom. The molecule has 4 nitrogen and oxygen atoms in total. The topological polar surface area (TPSA) is 70.1 Å². The second-order valence-corrected chi connectivity index (χ2v) is 8.62. The monoisotopic (exact) mass is 439 g/mol. The summed E-state index contributed by atoms with van der Waals surface area (Å²) in [6.45, 7) is 2.02. The predicted molar refractivity (Wildman–Crippen MR) is 111 cm³/mol. The fraction of sp³-hybridized carbons (Fsp3) is 0.238. The van der Waals surface area contributed by atoms with Crippen LogP contribution in [0, 0.1) is 18.3 Å². The Bertz CT molecular complexity index is 1030. The van der Waals surface area contributed by atoms with Gasteiger partial charge in [0.1, 0.15) is 5.82 Å². The van der Waals surface area contributed by atoms with Crippen LogP contribution >= 0.6 is 27.3 Å². The second-order valence-electron chi connectivity index (χ2n) is 6.76. The zero-order valence-corrected chi connectivity index (χ0v) is 17.2. The third-order valence-corrected chi connectivity index (χ3v) is 6.77. The summed E-state index contributed by atoms with van der Waals surface area (Å²) >= 11 is 5.04. The van der Waals surface area contributed by atoms with Crippen LogP contribution in [-0.4, -0.2) is 5.78 Å². The average Bonchev–Trinajstić information content (AvgIpc) is 3.08. The van der Waals surface area contributed by atoms with E-state index in [4.69, 9.17) is 5.73 Å². The van der Waals surface area contributed by atoms with Gasteiger partial charge in [-0.3, -0.25) is 9.69 Å². The van der Waals surface area contributed by atoms with Crippen molar-refractivity contribution in [3.63, 3.8) is 0 Å². The molecule has 0 spiro atoms. The summed E-state index contributed by atoms with van der Waals surface area (Å²) in [7, 11) is 0. The summed E-state index contributed by atoms with van der Waals surface area (Å²) in [6.07, 6.45) is 2.10. The van der Waals surface area contributed by atoms with Crippen LogP contribution in [0.3, 0.4) is 0 Å². The van der Waals surface area contributed by atoms with E-state index in [0.29, 0.717) is 17.8 Å². The van der Waals surface area contributed by atoms with Crippen molar-refractivity contribution in [2.24, 2.45) is 5.73 Å². The van der Waals surface area contributed by atoms with Crippen molar-refractivity contribution >= 4 is 38.7 Å². The van der Waals surface area contributed by atoms with Crippen LogP contribution in [0.4, 0.5) is 5.69 Å². The van der Waals surface area contributed by atoms with E-state index in [1.165, 1.54) is 0 Å². The first-order valence-corrected chi connectivity index (χ1v) is 10.5. The normalized spacial score (nSPS) is 20.0. The van der Waals surface area contributed by atoms with Crippen molar-refractivity contribution in [1.82, 2.24) is 0 Å². The number of halogens is 1. The molecule has 0 amide bonds. The second kappa shape index (κ2) is 6.99. The number of anilines is 1. The molecule has 0 saturated heterocycles. The molecule has 1 aliphatic heterocycles. The van der Waals surface area contributed by atoms with Crippen LogP contribution in [0.5, 0.6) is 0 Å². The number of ketones is 1. The van der Waals surface area contributed by atoms with Crippen LogP contribution in [-0.2, 0) is 4.79 Å². The van der Waals surface area contributed by atoms with Crippen LogP contribution in [0.25, 0.3) is 0 Å². The summed E-state index contributed by atoms with van der Waals surface area (Å²) in [6, 6.07) is 12.1. The number of thiophene rings is 1. The number of hydrogen-bond acceptors (Lipinski definition) is 5. The highest BCUT2D eigenvalue weighted by Crippen LogP contribution is 2.48. The molecule has 2 aliphatic rings. The van der Waals surface area contributed by atoms with Crippen LogP contribution in [0.1, 0.15) is 35.6 Å². The molecule has 2 heterocycles. The molecule has 27 heavy (non-hydrogen) atoms. The quantitative estimate of drug-likeness (QED) is 0.704. The zero-order valence-electron chi connectivity index (χ0n) is 14.8. The maximum atomic E-state index is 13.0. The molecule has 1 unspecified atom stereocenters. The number of hydrogen-bond donors (Lipinski definition) is 1. The molecule has 2 N–H and O–H groups in total. The van der Waals surface area contributed by atoms with Gasteiger partial charge in [-0.15, -0.1) is 11.3 Å². The third kappa shape index (κ3) is 2.91. The van der Waals surface area contributed by atoms with Gasteiger partial charge < -0.3 is 5.73 Å². The Kier molecular flexibility index (Phi) is 4.67. The van der Waals surface area contributed by atoms with E-state index < -0.39 is 0 Å². The van der Waals surface area contributed by atoms with Gasteiger partial charge in [0.2, 0.25) is 0 Å². The van der Waals surface area contributed by atoms with E-state index in [1.807, 2.05) is 47.5 Å². The fourth-order valence-electron chi connectivity index (χ4n) is 3.91. The van der Waals surface area contributed by atoms with E-state index >= 15 is 0 Å². The first kappa shape index (κ1) is 18.0. The Hall–Kier alpha value is -2.36. The molecule has 4 rings (SSSR count). The average molecular weight is 440 g/mol. The maximum Gasteiger partial charge on any atom is 0.161 e. The zero-order chi connectivity index (χ0) is 19.1. The fourth-order valence-corrected chi connectivity index (χ4v) is 5.22. The SMILES string of the molecule is Cc1ccsc1C1C(C#N)=C(N)N(c2ccc(Br)cc2)C2=C1C(=O)CCC2. The molecule has 136 valence electrons. The Balaban J connectivity index is 1.97. The minimum absolute atomic E-state index is 0.122. The molecule has 0 saturated carbocycles. The summed E-state index contributed by atoms with van der Waals surface area (Å²) in [5.41, 5.74) is 10.6. The molecule has 0 radical (unpaired) electrons. The lowest BCUT2D eigenvalue weighted by atomic mass is 9.77. The maximum absolute atomic E-state index is 13.0. The smallest absolute Gasteiger partial charge is 0.161 e. The molecule has 1 atom stereocenters. The van der Waals surface area contributed by atoms with Gasteiger partial charge in [0.05, 0.1) is 17.6 Å². The van der Waals surface area contributed by atoms with Crippen LogP contribution in [0.15, 0.2) is 62.8 Å². The molecule has 0 fully saturated rings. The number of carbonyl (C=O) groups excluding carboxylic acids is 1. The number of benzene rings is 1. The first-order valence-electron chi connectivity index (χ1n) is 8.78. The van der Waals surface area contributed by atoms with Crippen molar-refractivity contribution in [2.75, 3.05) is 4.90 Å². The van der Waals surface area contributed by atoms with Gasteiger partial charge in [-0.25, -0.2) is 0 Å². The minimum Gasteiger partial charge on any atom is -0.384 e. The molecule has 1 aliphatic carbocycles. The van der Waals surface area contributed by atoms with E-state index in [0.717, 1.165) is 44.7 Å². The molecule has 6 heteroatoms. The summed E-state index contributed by atoms with van der Waals surface area (Å²) in [5, 5.41) is 12.0. The lowest BCUT2D eigenvalue weighted by molar-refractivity contribution is -0.116. The number of nitrogens with two attached hydrogens (primary N) is 1. The number of nitriles is 1. The summed E-state index contributed by atoms with van der Waals surface area (Å²) in [5.74, 6) is 0.187. The van der Waals surface area contributed by atoms with Crippen molar-refractivity contribution in [1.29, 1.82) is 5.26 Å². The first-order chi connectivity index (χ1) is 13.0. The van der Waals surface area contributed by atoms with Crippen LogP contribution < -0.4 is 10.6 Å². The van der Waals surface area contributed by atoms with Gasteiger partial charge >= 0.3 is 0 Å². The van der Waals surface area contributed by atoms with E-state index in [2.05, 4.69) is 22.0 Å². The van der Waals surface area contributed by atoms with E-state index in [-0.39, 0.29) is 11.7 Å². The van der Waals surface area contributed by atoms with Gasteiger partial charge in [-0.2, -0.15) is 5.26 Å². The van der Waals surface area contributed by atoms with E-state index in [9.17, 15) is 10.1 Å². The number of nitrogens with zero attached hydrogens (tertiary/aromatic N) is 2. The number of carbonyl (C=O) groups is 1. The van der Waals surface area contributed by atoms with Gasteiger partial charge in [0.25, 0.3) is 0 Å². The Morgan fingerprint density at radius 2 is 2.00 bits per heavy atom. The highest BCUT2D eigenvalue weighted by molar-refractivity contribution is 9.10. The molecular formula is C21H18BrN3OS. The standard InChI is InChI=1S/C21H18BrN3OS/c1-12-9-10-27-20(12)18-15(11-23)21(24)25(14-7-5-13(22)6-8-14)16-3-2-4-17(26)19(16)18/h5-10,18H,2-4,24H2,1H3. The number of aryl methyl sites for hydroxylation is 1. The molecule has 1 aromatic heterocycles. The number of allylic oxidation sites excluding steroid dienone is 3. The molecule has 0 bridgehead atoms. The third-order valence-electron chi connectivity index (χ3n) is 5.16. The van der Waals surface area contributed by atoms with Gasteiger partial charge in [-0.1, -0.05) is 15.9 Å². The van der Waals surface area contributed by atoms with Crippen molar-refractivity contribution in [3.05, 3.63) is 73.3 Å². The summed E-state index contributed by atoms with van der Waals surface area (Å²) in [4.78, 5) is 15.9. The Labute approximate surface area is 170 Å². The molecular weight excluding hydrogens is 422 g/mol. The lowest BCUT2D eigenvalue weighted by Crippen LogP contribution is -2.38. The largest absolute Gasteiger partial charge is 0.384 e. The van der Waals surface area contributed by atoms with Crippen LogP contribution in [0.2, 0.25) is 0 Å². The Morgan fingerprint density at radius 3 is 2.63 bits per heavy atom. The highest BCUT2D eigenvalue weighted by Gasteiger charge is 2.41. The van der Waals surface area contributed by atoms with Crippen molar-refractivity contribution in [2.45, 2.75) is 32.1 Å². The van der Waals surface area contributed by atoms with Gasteiger partial charge in [0.15, 0.2) is 5.78 Å². The number of rotatable bonds is 2. The van der Waals surface area contributed by atoms with Crippen molar-refractivity contribution < 1.29 is 4.79 Å². The van der Waals surface area contributed by atoms with Gasteiger partial charge in [-0.05, 0) is 61.0 Å².